The molecule has 0 amide bonds. The van der Waals surface area contributed by atoms with Gasteiger partial charge in [-0.25, -0.2) is 4.98 Å². The van der Waals surface area contributed by atoms with Crippen LogP contribution in [0.3, 0.4) is 0 Å². The molecule has 0 fully saturated rings. The number of aromatic nitrogens is 3. The SMILES string of the molecule is Cc1nc(CNc2cccnc2N)no1. The Hall–Kier alpha value is -2.11. The van der Waals surface area contributed by atoms with E-state index < -0.39 is 0 Å². The lowest BCUT2D eigenvalue weighted by molar-refractivity contribution is 0.388. The third-order valence-corrected chi connectivity index (χ3v) is 1.85. The van der Waals surface area contributed by atoms with Gasteiger partial charge in [0.2, 0.25) is 5.89 Å². The van der Waals surface area contributed by atoms with Crippen molar-refractivity contribution in [2.75, 3.05) is 11.1 Å². The van der Waals surface area contributed by atoms with E-state index in [0.717, 1.165) is 5.69 Å². The number of nitrogens with two attached hydrogens (primary N) is 1. The molecule has 6 nitrogen and oxygen atoms in total. The molecule has 78 valence electrons. The van der Waals surface area contributed by atoms with Gasteiger partial charge < -0.3 is 15.6 Å². The summed E-state index contributed by atoms with van der Waals surface area (Å²) >= 11 is 0. The van der Waals surface area contributed by atoms with E-state index in [1.807, 2.05) is 6.07 Å². The second-order valence-electron chi connectivity index (χ2n) is 3.02. The fourth-order valence-electron chi connectivity index (χ4n) is 1.15. The molecule has 0 unspecified atom stereocenters. The highest BCUT2D eigenvalue weighted by molar-refractivity contribution is 5.60. The van der Waals surface area contributed by atoms with E-state index in [2.05, 4.69) is 20.4 Å². The third-order valence-electron chi connectivity index (χ3n) is 1.85. The molecule has 15 heavy (non-hydrogen) atoms. The van der Waals surface area contributed by atoms with Crippen LogP contribution in [0.1, 0.15) is 11.7 Å². The summed E-state index contributed by atoms with van der Waals surface area (Å²) in [5.74, 6) is 1.60. The first-order chi connectivity index (χ1) is 7.25. The molecule has 2 heterocycles. The number of anilines is 2. The maximum Gasteiger partial charge on any atom is 0.223 e. The molecule has 2 aromatic heterocycles. The van der Waals surface area contributed by atoms with Crippen LogP contribution in [0.4, 0.5) is 11.5 Å². The van der Waals surface area contributed by atoms with Gasteiger partial charge >= 0.3 is 0 Å². The molecule has 0 bridgehead atoms. The average molecular weight is 205 g/mol. The molecule has 0 aliphatic carbocycles. The summed E-state index contributed by atoms with van der Waals surface area (Å²) < 4.78 is 4.84. The van der Waals surface area contributed by atoms with E-state index >= 15 is 0 Å². The number of nitrogens with one attached hydrogen (secondary N) is 1. The van der Waals surface area contributed by atoms with E-state index in [1.165, 1.54) is 0 Å². The lowest BCUT2D eigenvalue weighted by Gasteiger charge is -2.04. The van der Waals surface area contributed by atoms with Crippen molar-refractivity contribution in [1.29, 1.82) is 0 Å². The third kappa shape index (κ3) is 2.22. The summed E-state index contributed by atoms with van der Waals surface area (Å²) in [4.78, 5) is 8.00. The molecule has 0 atom stereocenters. The summed E-state index contributed by atoms with van der Waals surface area (Å²) in [5.41, 5.74) is 6.42. The van der Waals surface area contributed by atoms with Gasteiger partial charge in [0.05, 0.1) is 12.2 Å². The van der Waals surface area contributed by atoms with Gasteiger partial charge in [0.1, 0.15) is 5.82 Å². The van der Waals surface area contributed by atoms with Gasteiger partial charge in [-0.15, -0.1) is 0 Å². The zero-order valence-corrected chi connectivity index (χ0v) is 8.27. The predicted octanol–water partition coefficient (Wildman–Crippen LogP) is 0.967. The van der Waals surface area contributed by atoms with Crippen molar-refractivity contribution < 1.29 is 4.52 Å². The van der Waals surface area contributed by atoms with Crippen LogP contribution in [0.25, 0.3) is 0 Å². The van der Waals surface area contributed by atoms with Gasteiger partial charge in [0, 0.05) is 13.1 Å². The highest BCUT2D eigenvalue weighted by Crippen LogP contribution is 2.14. The van der Waals surface area contributed by atoms with E-state index in [4.69, 9.17) is 10.3 Å². The number of nitrogens with zero attached hydrogens (tertiary/aromatic N) is 3. The smallest absolute Gasteiger partial charge is 0.223 e. The van der Waals surface area contributed by atoms with Crippen molar-refractivity contribution in [3.63, 3.8) is 0 Å². The van der Waals surface area contributed by atoms with Crippen LogP contribution in [-0.2, 0) is 6.54 Å². The maximum absolute atomic E-state index is 5.65. The second-order valence-corrected chi connectivity index (χ2v) is 3.02. The van der Waals surface area contributed by atoms with E-state index in [9.17, 15) is 0 Å². The van der Waals surface area contributed by atoms with Gasteiger partial charge in [0.15, 0.2) is 5.82 Å². The topological polar surface area (TPSA) is 89.9 Å². The summed E-state index contributed by atoms with van der Waals surface area (Å²) in [6.45, 7) is 2.21. The highest BCUT2D eigenvalue weighted by atomic mass is 16.5. The van der Waals surface area contributed by atoms with Crippen LogP contribution in [0.15, 0.2) is 22.9 Å². The zero-order valence-electron chi connectivity index (χ0n) is 8.27. The van der Waals surface area contributed by atoms with Gasteiger partial charge in [-0.05, 0) is 12.1 Å². The van der Waals surface area contributed by atoms with E-state index in [0.29, 0.717) is 24.1 Å². The van der Waals surface area contributed by atoms with Gasteiger partial charge in [-0.1, -0.05) is 5.16 Å². The first-order valence-corrected chi connectivity index (χ1v) is 4.49. The highest BCUT2D eigenvalue weighted by Gasteiger charge is 2.03. The quantitative estimate of drug-likeness (QED) is 0.775. The molecule has 6 heteroatoms. The summed E-state index contributed by atoms with van der Waals surface area (Å²) in [6, 6.07) is 3.65. The molecule has 2 rings (SSSR count). The van der Waals surface area contributed by atoms with Crippen LogP contribution < -0.4 is 11.1 Å². The standard InChI is InChI=1S/C9H11N5O/c1-6-13-8(14-15-6)5-12-7-3-2-4-11-9(7)10/h2-4,12H,5H2,1H3,(H2,10,11). The van der Waals surface area contributed by atoms with Crippen molar-refractivity contribution >= 4 is 11.5 Å². The Morgan fingerprint density at radius 2 is 2.40 bits per heavy atom. The lowest BCUT2D eigenvalue weighted by atomic mass is 10.4. The Bertz CT molecular complexity index is 453. The molecule has 2 aromatic rings. The minimum atomic E-state index is 0.456. The molecular formula is C9H11N5O. The van der Waals surface area contributed by atoms with E-state index in [-0.39, 0.29) is 0 Å². The Morgan fingerprint density at radius 3 is 3.07 bits per heavy atom. The van der Waals surface area contributed by atoms with Crippen LogP contribution in [0.5, 0.6) is 0 Å². The Morgan fingerprint density at radius 1 is 1.53 bits per heavy atom. The molecular weight excluding hydrogens is 194 g/mol. The molecule has 0 aromatic carbocycles. The molecule has 0 spiro atoms. The molecule has 3 N–H and O–H groups in total. The van der Waals surface area contributed by atoms with Crippen molar-refractivity contribution in [2.24, 2.45) is 0 Å². The lowest BCUT2D eigenvalue weighted by Crippen LogP contribution is -2.04. The summed E-state index contributed by atoms with van der Waals surface area (Å²) in [7, 11) is 0. The Balaban J connectivity index is 2.02. The van der Waals surface area contributed by atoms with Crippen LogP contribution in [-0.4, -0.2) is 15.1 Å². The van der Waals surface area contributed by atoms with Crippen molar-refractivity contribution in [3.8, 4) is 0 Å². The Kier molecular flexibility index (Phi) is 2.49. The number of aryl methyl sites for hydroxylation is 1. The number of nitrogen functional groups attached to an aromatic ring is 1. The van der Waals surface area contributed by atoms with Gasteiger partial charge in [-0.3, -0.25) is 0 Å². The summed E-state index contributed by atoms with van der Waals surface area (Å²) in [5, 5.41) is 6.82. The number of hydrogen-bond acceptors (Lipinski definition) is 6. The van der Waals surface area contributed by atoms with Crippen molar-refractivity contribution in [1.82, 2.24) is 15.1 Å². The first-order valence-electron chi connectivity index (χ1n) is 4.49. The van der Waals surface area contributed by atoms with Crippen molar-refractivity contribution in [2.45, 2.75) is 13.5 Å². The van der Waals surface area contributed by atoms with Crippen LogP contribution in [0.2, 0.25) is 0 Å². The molecule has 0 saturated heterocycles. The number of hydrogen-bond donors (Lipinski definition) is 2. The second kappa shape index (κ2) is 3.95. The monoisotopic (exact) mass is 205 g/mol. The van der Waals surface area contributed by atoms with Crippen LogP contribution in [0, 0.1) is 6.92 Å². The normalized spacial score (nSPS) is 10.2. The molecule has 0 aliphatic rings. The average Bonchev–Trinajstić information content (AvgIpc) is 2.63. The van der Waals surface area contributed by atoms with E-state index in [1.54, 1.807) is 19.2 Å². The first kappa shape index (κ1) is 9.45. The van der Waals surface area contributed by atoms with Gasteiger partial charge in [-0.2, -0.15) is 4.98 Å². The minimum absolute atomic E-state index is 0.456. The molecule has 0 radical (unpaired) electrons. The van der Waals surface area contributed by atoms with Crippen LogP contribution >= 0.6 is 0 Å². The number of rotatable bonds is 3. The number of pyridine rings is 1. The minimum Gasteiger partial charge on any atom is -0.382 e. The van der Waals surface area contributed by atoms with Crippen molar-refractivity contribution in [3.05, 3.63) is 30.0 Å². The Labute approximate surface area is 86.5 Å². The predicted molar refractivity (Wildman–Crippen MR) is 55.0 cm³/mol. The summed E-state index contributed by atoms with van der Waals surface area (Å²) in [6.07, 6.45) is 1.64. The van der Waals surface area contributed by atoms with Gasteiger partial charge in [0.25, 0.3) is 0 Å². The maximum atomic E-state index is 5.65. The fraction of sp³-hybridized carbons (Fsp3) is 0.222. The zero-order chi connectivity index (χ0) is 10.7. The fourth-order valence-corrected chi connectivity index (χ4v) is 1.15. The molecule has 0 aliphatic heterocycles. The largest absolute Gasteiger partial charge is 0.382 e. The molecule has 0 saturated carbocycles.